The molecule has 2 aromatic carbocycles. The molecule has 196 valence electrons. The van der Waals surface area contributed by atoms with Crippen molar-refractivity contribution in [3.05, 3.63) is 70.4 Å². The van der Waals surface area contributed by atoms with Crippen molar-refractivity contribution in [3.8, 4) is 5.75 Å². The molecule has 1 fully saturated rings. The molecule has 0 aliphatic heterocycles. The van der Waals surface area contributed by atoms with Gasteiger partial charge in [-0.05, 0) is 66.8 Å². The molecule has 0 radical (unpaired) electrons. The molecule has 0 unspecified atom stereocenters. The van der Waals surface area contributed by atoms with Crippen LogP contribution < -0.4 is 15.4 Å². The number of pyridine rings is 1. The highest BCUT2D eigenvalue weighted by Gasteiger charge is 2.31. The first-order valence-corrected chi connectivity index (χ1v) is 12.2. The average Bonchev–Trinajstić information content (AvgIpc) is 2.89. The SMILES string of the molecule is COC(=O)c1nc(Nc2cc(Nc3ccc(C4CCCCC4)cc3Cl)cc(C(F)(F)F)c2)ccc1OC. The van der Waals surface area contributed by atoms with Gasteiger partial charge < -0.3 is 20.1 Å². The van der Waals surface area contributed by atoms with Gasteiger partial charge in [0.05, 0.1) is 30.5 Å². The molecular formula is C27H27ClF3N3O3. The van der Waals surface area contributed by atoms with E-state index in [4.69, 9.17) is 21.1 Å². The van der Waals surface area contributed by atoms with Gasteiger partial charge in [0.15, 0.2) is 11.4 Å². The van der Waals surface area contributed by atoms with Crippen LogP contribution in [0.3, 0.4) is 0 Å². The molecular weight excluding hydrogens is 507 g/mol. The van der Waals surface area contributed by atoms with Crippen LogP contribution in [0.5, 0.6) is 5.75 Å². The van der Waals surface area contributed by atoms with Crippen LogP contribution in [0.15, 0.2) is 48.5 Å². The van der Waals surface area contributed by atoms with Crippen LogP contribution in [0.1, 0.15) is 59.6 Å². The number of anilines is 4. The molecule has 0 spiro atoms. The van der Waals surface area contributed by atoms with Crippen molar-refractivity contribution in [1.82, 2.24) is 4.98 Å². The lowest BCUT2D eigenvalue weighted by atomic mass is 9.84. The Bertz CT molecular complexity index is 1280. The second-order valence-electron chi connectivity index (χ2n) is 8.86. The topological polar surface area (TPSA) is 72.5 Å². The molecule has 10 heteroatoms. The van der Waals surface area contributed by atoms with Gasteiger partial charge in [0.25, 0.3) is 0 Å². The molecule has 37 heavy (non-hydrogen) atoms. The quantitative estimate of drug-likeness (QED) is 0.299. The number of aromatic nitrogens is 1. The van der Waals surface area contributed by atoms with E-state index in [2.05, 4.69) is 15.6 Å². The normalized spacial score (nSPS) is 14.2. The summed E-state index contributed by atoms with van der Waals surface area (Å²) in [4.78, 5) is 16.2. The predicted octanol–water partition coefficient (Wildman–Crippen LogP) is 8.08. The summed E-state index contributed by atoms with van der Waals surface area (Å²) in [5.74, 6) is 0.0335. The second-order valence-corrected chi connectivity index (χ2v) is 9.27. The summed E-state index contributed by atoms with van der Waals surface area (Å²) in [5.41, 5.74) is 0.976. The molecule has 3 aromatic rings. The summed E-state index contributed by atoms with van der Waals surface area (Å²) >= 11 is 6.52. The first-order valence-electron chi connectivity index (χ1n) is 11.9. The number of carbonyl (C=O) groups excluding carboxylic acids is 1. The van der Waals surface area contributed by atoms with E-state index in [-0.39, 0.29) is 28.6 Å². The smallest absolute Gasteiger partial charge is 0.416 e. The Labute approximate surface area is 218 Å². The molecule has 0 amide bonds. The number of alkyl halides is 3. The molecule has 1 saturated carbocycles. The van der Waals surface area contributed by atoms with Crippen LogP contribution in [-0.4, -0.2) is 25.2 Å². The third-order valence-corrected chi connectivity index (χ3v) is 6.65. The number of methoxy groups -OCH3 is 2. The average molecular weight is 534 g/mol. The molecule has 0 atom stereocenters. The Morgan fingerprint density at radius 1 is 0.973 bits per heavy atom. The molecule has 6 nitrogen and oxygen atoms in total. The molecule has 2 N–H and O–H groups in total. The summed E-state index contributed by atoms with van der Waals surface area (Å²) in [5, 5.41) is 6.28. The van der Waals surface area contributed by atoms with Crippen LogP contribution in [0.2, 0.25) is 5.02 Å². The van der Waals surface area contributed by atoms with Crippen LogP contribution in [-0.2, 0) is 10.9 Å². The van der Waals surface area contributed by atoms with Crippen LogP contribution in [0, 0.1) is 0 Å². The largest absolute Gasteiger partial charge is 0.494 e. The maximum absolute atomic E-state index is 13.7. The summed E-state index contributed by atoms with van der Waals surface area (Å²) in [7, 11) is 2.56. The number of carbonyl (C=O) groups is 1. The fourth-order valence-electron chi connectivity index (χ4n) is 4.49. The monoisotopic (exact) mass is 533 g/mol. The van der Waals surface area contributed by atoms with Crippen molar-refractivity contribution in [2.75, 3.05) is 24.9 Å². The highest BCUT2D eigenvalue weighted by molar-refractivity contribution is 6.33. The lowest BCUT2D eigenvalue weighted by Gasteiger charge is -2.22. The lowest BCUT2D eigenvalue weighted by molar-refractivity contribution is -0.137. The van der Waals surface area contributed by atoms with Crippen molar-refractivity contribution < 1.29 is 27.4 Å². The van der Waals surface area contributed by atoms with Crippen molar-refractivity contribution in [1.29, 1.82) is 0 Å². The van der Waals surface area contributed by atoms with Gasteiger partial charge in [0.1, 0.15) is 5.82 Å². The van der Waals surface area contributed by atoms with E-state index in [0.717, 1.165) is 30.5 Å². The Hall–Kier alpha value is -3.46. The fraction of sp³-hybridized carbons (Fsp3) is 0.333. The van der Waals surface area contributed by atoms with Crippen molar-refractivity contribution in [3.63, 3.8) is 0 Å². The predicted molar refractivity (Wildman–Crippen MR) is 137 cm³/mol. The van der Waals surface area contributed by atoms with E-state index >= 15 is 0 Å². The Morgan fingerprint density at radius 2 is 1.68 bits per heavy atom. The molecule has 0 bridgehead atoms. The minimum absolute atomic E-state index is 0.106. The zero-order chi connectivity index (χ0) is 26.6. The Kier molecular flexibility index (Phi) is 8.12. The Balaban J connectivity index is 1.63. The number of rotatable bonds is 7. The number of halogens is 4. The summed E-state index contributed by atoms with van der Waals surface area (Å²) in [6, 6.07) is 12.1. The van der Waals surface area contributed by atoms with E-state index in [1.165, 1.54) is 51.7 Å². The van der Waals surface area contributed by atoms with Crippen LogP contribution in [0.25, 0.3) is 0 Å². The van der Waals surface area contributed by atoms with Crippen molar-refractivity contribution >= 4 is 40.5 Å². The molecule has 4 rings (SSSR count). The number of nitrogens with zero attached hydrogens (tertiary/aromatic N) is 1. The first kappa shape index (κ1) is 26.6. The highest BCUT2D eigenvalue weighted by atomic mass is 35.5. The van der Waals surface area contributed by atoms with E-state index in [0.29, 0.717) is 16.6 Å². The van der Waals surface area contributed by atoms with Gasteiger partial charge in [-0.3, -0.25) is 0 Å². The van der Waals surface area contributed by atoms with E-state index in [1.54, 1.807) is 6.07 Å². The third kappa shape index (κ3) is 6.46. The summed E-state index contributed by atoms with van der Waals surface area (Å²) in [6.07, 6.45) is 1.25. The minimum atomic E-state index is -4.59. The maximum Gasteiger partial charge on any atom is 0.416 e. The third-order valence-electron chi connectivity index (χ3n) is 6.34. The highest BCUT2D eigenvalue weighted by Crippen LogP contribution is 2.38. The van der Waals surface area contributed by atoms with Crippen LogP contribution >= 0.6 is 11.6 Å². The minimum Gasteiger partial charge on any atom is -0.494 e. The number of ether oxygens (including phenoxy) is 2. The standard InChI is InChI=1S/C27H27ClF3N3O3/c1-36-23-10-11-24(34-25(23)26(35)37-2)33-20-14-18(27(29,30)31)13-19(15-20)32-22-9-8-17(12-21(22)28)16-6-4-3-5-7-16/h8-16,32H,3-7H2,1-2H3,(H,33,34). The second kappa shape index (κ2) is 11.3. The summed E-state index contributed by atoms with van der Waals surface area (Å²) < 4.78 is 50.9. The number of benzene rings is 2. The van der Waals surface area contributed by atoms with E-state index < -0.39 is 17.7 Å². The van der Waals surface area contributed by atoms with E-state index in [9.17, 15) is 18.0 Å². The zero-order valence-corrected chi connectivity index (χ0v) is 21.2. The van der Waals surface area contributed by atoms with Crippen molar-refractivity contribution in [2.45, 2.75) is 44.2 Å². The molecule has 1 aliphatic carbocycles. The molecule has 1 aliphatic rings. The zero-order valence-electron chi connectivity index (χ0n) is 20.4. The fourth-order valence-corrected chi connectivity index (χ4v) is 4.72. The summed E-state index contributed by atoms with van der Waals surface area (Å²) in [6.45, 7) is 0. The number of nitrogens with one attached hydrogen (secondary N) is 2. The Morgan fingerprint density at radius 3 is 2.30 bits per heavy atom. The van der Waals surface area contributed by atoms with Gasteiger partial charge in [0, 0.05) is 11.4 Å². The van der Waals surface area contributed by atoms with Crippen molar-refractivity contribution in [2.24, 2.45) is 0 Å². The van der Waals surface area contributed by atoms with Gasteiger partial charge in [-0.2, -0.15) is 13.2 Å². The number of esters is 1. The molecule has 1 aromatic heterocycles. The van der Waals surface area contributed by atoms with Crippen LogP contribution in [0.4, 0.5) is 36.1 Å². The van der Waals surface area contributed by atoms with Gasteiger partial charge in [-0.1, -0.05) is 36.9 Å². The molecule has 1 heterocycles. The van der Waals surface area contributed by atoms with Gasteiger partial charge in [0.2, 0.25) is 0 Å². The molecule has 0 saturated heterocycles. The number of hydrogen-bond donors (Lipinski definition) is 2. The van der Waals surface area contributed by atoms with Gasteiger partial charge >= 0.3 is 12.1 Å². The number of hydrogen-bond acceptors (Lipinski definition) is 6. The van der Waals surface area contributed by atoms with Gasteiger partial charge in [-0.15, -0.1) is 0 Å². The van der Waals surface area contributed by atoms with E-state index in [1.807, 2.05) is 12.1 Å². The van der Waals surface area contributed by atoms with Gasteiger partial charge in [-0.25, -0.2) is 9.78 Å². The maximum atomic E-state index is 13.7. The first-order chi connectivity index (χ1) is 17.7. The lowest BCUT2D eigenvalue weighted by Crippen LogP contribution is -2.09.